The molecule has 1 heterocycles. The second-order valence-electron chi connectivity index (χ2n) is 3.65. The molecule has 0 bridgehead atoms. The van der Waals surface area contributed by atoms with Crippen LogP contribution in [0.25, 0.3) is 0 Å². The Morgan fingerprint density at radius 2 is 1.94 bits per heavy atom. The fourth-order valence-electron chi connectivity index (χ4n) is 1.41. The standard InChI is InChI=1S/C12H8Cl3NOS/c1-6-4-7(13)2-3-9(6)16-12(17)10-5-8(14)11(15)18-10/h2-5H,1H3,(H,16,17). The number of anilines is 1. The molecule has 0 saturated carbocycles. The Morgan fingerprint density at radius 3 is 2.50 bits per heavy atom. The Hall–Kier alpha value is -0.740. The molecule has 0 atom stereocenters. The van der Waals surface area contributed by atoms with Crippen LogP contribution in [0.3, 0.4) is 0 Å². The summed E-state index contributed by atoms with van der Waals surface area (Å²) in [6.07, 6.45) is 0. The number of thiophene rings is 1. The molecule has 1 aromatic heterocycles. The number of halogens is 3. The molecule has 2 nitrogen and oxygen atoms in total. The third-order valence-electron chi connectivity index (χ3n) is 2.31. The van der Waals surface area contributed by atoms with Crippen LogP contribution in [0.5, 0.6) is 0 Å². The van der Waals surface area contributed by atoms with Gasteiger partial charge in [0.05, 0.1) is 9.90 Å². The van der Waals surface area contributed by atoms with Crippen molar-refractivity contribution in [3.63, 3.8) is 0 Å². The smallest absolute Gasteiger partial charge is 0.265 e. The molecular weight excluding hydrogens is 313 g/mol. The van der Waals surface area contributed by atoms with Gasteiger partial charge >= 0.3 is 0 Å². The summed E-state index contributed by atoms with van der Waals surface area (Å²) < 4.78 is 0.412. The lowest BCUT2D eigenvalue weighted by Gasteiger charge is -2.07. The molecule has 1 aromatic carbocycles. The predicted octanol–water partition coefficient (Wildman–Crippen LogP) is 5.27. The van der Waals surface area contributed by atoms with E-state index in [2.05, 4.69) is 5.32 Å². The second-order valence-corrected chi connectivity index (χ2v) is 6.14. The van der Waals surface area contributed by atoms with E-state index in [0.29, 0.717) is 24.9 Å². The topological polar surface area (TPSA) is 29.1 Å². The lowest BCUT2D eigenvalue weighted by atomic mass is 10.2. The second kappa shape index (κ2) is 5.49. The Morgan fingerprint density at radius 1 is 1.22 bits per heavy atom. The average molecular weight is 321 g/mol. The largest absolute Gasteiger partial charge is 0.321 e. The molecule has 2 aromatic rings. The molecule has 0 saturated heterocycles. The first-order valence-corrected chi connectivity index (χ1v) is 6.95. The normalized spacial score (nSPS) is 10.4. The van der Waals surface area contributed by atoms with Gasteiger partial charge < -0.3 is 5.32 Å². The lowest BCUT2D eigenvalue weighted by Crippen LogP contribution is -2.10. The van der Waals surface area contributed by atoms with Crippen molar-refractivity contribution >= 4 is 57.7 Å². The maximum atomic E-state index is 12.0. The molecule has 0 fully saturated rings. The molecule has 6 heteroatoms. The summed E-state index contributed by atoms with van der Waals surface area (Å²) in [6.45, 7) is 1.87. The molecular formula is C12H8Cl3NOS. The third-order valence-corrected chi connectivity index (χ3v) is 4.40. The van der Waals surface area contributed by atoms with Crippen molar-refractivity contribution in [3.05, 3.63) is 49.1 Å². The van der Waals surface area contributed by atoms with E-state index in [1.54, 1.807) is 24.3 Å². The highest BCUT2D eigenvalue weighted by Gasteiger charge is 2.13. The number of benzene rings is 1. The minimum absolute atomic E-state index is 0.237. The molecule has 1 N–H and O–H groups in total. The molecule has 0 aliphatic carbocycles. The van der Waals surface area contributed by atoms with E-state index in [0.717, 1.165) is 16.9 Å². The van der Waals surface area contributed by atoms with E-state index in [4.69, 9.17) is 34.8 Å². The zero-order chi connectivity index (χ0) is 13.3. The fourth-order valence-corrected chi connectivity index (χ4v) is 2.90. The van der Waals surface area contributed by atoms with Gasteiger partial charge in [0.25, 0.3) is 5.91 Å². The molecule has 0 radical (unpaired) electrons. The van der Waals surface area contributed by atoms with Crippen LogP contribution in [0, 0.1) is 6.92 Å². The van der Waals surface area contributed by atoms with Crippen LogP contribution in [-0.4, -0.2) is 5.91 Å². The van der Waals surface area contributed by atoms with Gasteiger partial charge in [0.2, 0.25) is 0 Å². The Labute approximate surface area is 123 Å². The zero-order valence-electron chi connectivity index (χ0n) is 9.26. The van der Waals surface area contributed by atoms with E-state index in [9.17, 15) is 4.79 Å². The monoisotopic (exact) mass is 319 g/mol. The average Bonchev–Trinajstić information content (AvgIpc) is 2.63. The van der Waals surface area contributed by atoms with Crippen LogP contribution in [-0.2, 0) is 0 Å². The highest BCUT2D eigenvalue weighted by Crippen LogP contribution is 2.32. The number of rotatable bonds is 2. The third kappa shape index (κ3) is 2.98. The molecule has 0 spiro atoms. The van der Waals surface area contributed by atoms with Crippen molar-refractivity contribution in [1.29, 1.82) is 0 Å². The van der Waals surface area contributed by atoms with Crippen molar-refractivity contribution in [3.8, 4) is 0 Å². The van der Waals surface area contributed by atoms with E-state index in [1.807, 2.05) is 6.92 Å². The maximum absolute atomic E-state index is 12.0. The van der Waals surface area contributed by atoms with Gasteiger partial charge in [0.1, 0.15) is 4.34 Å². The summed E-state index contributed by atoms with van der Waals surface area (Å²) in [5.41, 5.74) is 1.61. The van der Waals surface area contributed by atoms with Crippen molar-refractivity contribution in [2.75, 3.05) is 5.32 Å². The molecule has 1 amide bonds. The summed E-state index contributed by atoms with van der Waals surface area (Å²) in [7, 11) is 0. The van der Waals surface area contributed by atoms with E-state index in [1.165, 1.54) is 0 Å². The van der Waals surface area contributed by atoms with E-state index < -0.39 is 0 Å². The van der Waals surface area contributed by atoms with Crippen LogP contribution >= 0.6 is 46.1 Å². The van der Waals surface area contributed by atoms with E-state index >= 15 is 0 Å². The number of aryl methyl sites for hydroxylation is 1. The van der Waals surface area contributed by atoms with Gasteiger partial charge in [0.15, 0.2) is 0 Å². The minimum Gasteiger partial charge on any atom is -0.321 e. The summed E-state index contributed by atoms with van der Waals surface area (Å²) in [5.74, 6) is -0.237. The number of hydrogen-bond donors (Lipinski definition) is 1. The molecule has 94 valence electrons. The van der Waals surface area contributed by atoms with Crippen LogP contribution < -0.4 is 5.32 Å². The highest BCUT2D eigenvalue weighted by molar-refractivity contribution is 7.18. The SMILES string of the molecule is Cc1cc(Cl)ccc1NC(=O)c1cc(Cl)c(Cl)s1. The lowest BCUT2D eigenvalue weighted by molar-refractivity contribution is 0.103. The molecule has 0 unspecified atom stereocenters. The number of carbonyl (C=O) groups excluding carboxylic acids is 1. The Kier molecular flexibility index (Phi) is 4.17. The van der Waals surface area contributed by atoms with Gasteiger partial charge in [-0.15, -0.1) is 11.3 Å². The van der Waals surface area contributed by atoms with Gasteiger partial charge in [-0.3, -0.25) is 4.79 Å². The highest BCUT2D eigenvalue weighted by atomic mass is 35.5. The molecule has 2 rings (SSSR count). The summed E-state index contributed by atoms with van der Waals surface area (Å²) in [5, 5.41) is 3.81. The van der Waals surface area contributed by atoms with Gasteiger partial charge in [-0.25, -0.2) is 0 Å². The molecule has 0 aliphatic rings. The Balaban J connectivity index is 2.21. The summed E-state index contributed by atoms with van der Waals surface area (Å²) in [6, 6.07) is 6.81. The first-order chi connectivity index (χ1) is 8.47. The first kappa shape index (κ1) is 13.7. The number of hydrogen-bond acceptors (Lipinski definition) is 2. The predicted molar refractivity (Wildman–Crippen MR) is 78.5 cm³/mol. The molecule has 0 aliphatic heterocycles. The van der Waals surface area contributed by atoms with Crippen molar-refractivity contribution in [1.82, 2.24) is 0 Å². The number of carbonyl (C=O) groups is 1. The van der Waals surface area contributed by atoms with Crippen molar-refractivity contribution in [2.45, 2.75) is 6.92 Å². The fraction of sp³-hybridized carbons (Fsp3) is 0.0833. The Bertz CT molecular complexity index is 590. The number of nitrogens with one attached hydrogen (secondary N) is 1. The van der Waals surface area contributed by atoms with Crippen molar-refractivity contribution in [2.24, 2.45) is 0 Å². The quantitative estimate of drug-likeness (QED) is 0.802. The van der Waals surface area contributed by atoms with Crippen LogP contribution in [0.15, 0.2) is 24.3 Å². The van der Waals surface area contributed by atoms with E-state index in [-0.39, 0.29) is 5.91 Å². The van der Waals surface area contributed by atoms with Crippen molar-refractivity contribution < 1.29 is 4.79 Å². The van der Waals surface area contributed by atoms with Crippen LogP contribution in [0.1, 0.15) is 15.2 Å². The first-order valence-electron chi connectivity index (χ1n) is 4.99. The summed E-state index contributed by atoms with van der Waals surface area (Å²) >= 11 is 18.6. The minimum atomic E-state index is -0.237. The number of amides is 1. The van der Waals surface area contributed by atoms with Crippen LogP contribution in [0.2, 0.25) is 14.4 Å². The van der Waals surface area contributed by atoms with Gasteiger partial charge in [-0.1, -0.05) is 34.8 Å². The van der Waals surface area contributed by atoms with Crippen LogP contribution in [0.4, 0.5) is 5.69 Å². The van der Waals surface area contributed by atoms with Gasteiger partial charge in [-0.2, -0.15) is 0 Å². The van der Waals surface area contributed by atoms with Gasteiger partial charge in [-0.05, 0) is 36.8 Å². The maximum Gasteiger partial charge on any atom is 0.265 e. The van der Waals surface area contributed by atoms with Gasteiger partial charge in [0, 0.05) is 10.7 Å². The summed E-state index contributed by atoms with van der Waals surface area (Å²) in [4.78, 5) is 12.4. The zero-order valence-corrected chi connectivity index (χ0v) is 12.3. The molecule has 18 heavy (non-hydrogen) atoms.